The number of hydrogen-bond donors (Lipinski definition) is 1. The van der Waals surface area contributed by atoms with Crippen LogP contribution in [0.3, 0.4) is 0 Å². The molecule has 4 rings (SSSR count). The summed E-state index contributed by atoms with van der Waals surface area (Å²) < 4.78 is 35.8. The minimum atomic E-state index is -4.02. The third-order valence-corrected chi connectivity index (χ3v) is 6.36. The average molecular weight is 475 g/mol. The molecule has 34 heavy (non-hydrogen) atoms. The minimum absolute atomic E-state index is 0.0417. The Morgan fingerprint density at radius 2 is 1.65 bits per heavy atom. The van der Waals surface area contributed by atoms with E-state index in [1.807, 2.05) is 43.3 Å². The van der Waals surface area contributed by atoms with Crippen LogP contribution in [-0.4, -0.2) is 27.6 Å². The van der Waals surface area contributed by atoms with Crippen LogP contribution in [0.4, 0.5) is 0 Å². The highest BCUT2D eigenvalue weighted by molar-refractivity contribution is 7.87. The third kappa shape index (κ3) is 5.07. The van der Waals surface area contributed by atoms with Crippen molar-refractivity contribution in [3.05, 3.63) is 102 Å². The van der Waals surface area contributed by atoms with Gasteiger partial charge in [-0.3, -0.25) is 4.79 Å². The summed E-state index contributed by atoms with van der Waals surface area (Å²) in [6.07, 6.45) is 1.43. The van der Waals surface area contributed by atoms with Gasteiger partial charge in [0.1, 0.15) is 4.90 Å². The first-order chi connectivity index (χ1) is 16.4. The van der Waals surface area contributed by atoms with Crippen molar-refractivity contribution in [2.45, 2.75) is 11.8 Å². The summed E-state index contributed by atoms with van der Waals surface area (Å²) in [4.78, 5) is 12.6. The molecule has 0 atom stereocenters. The first kappa shape index (κ1) is 23.0. The highest BCUT2D eigenvalue weighted by Crippen LogP contribution is 2.30. The quantitative estimate of drug-likeness (QED) is 0.238. The standard InChI is InChI=1S/C26H22N2O5S/c1-18-10-13-21(14-11-18)34(30,31)33-24-15-12-19(16-25(24)32-2)17-27-28-26(29)23-9-5-7-20-6-3-4-8-22(20)23/h3-17H,1-2H3,(H,28,29)/b27-17+. The van der Waals surface area contributed by atoms with Crippen molar-refractivity contribution in [2.75, 3.05) is 7.11 Å². The number of carbonyl (C=O) groups excluding carboxylic acids is 1. The molecule has 0 bridgehead atoms. The summed E-state index contributed by atoms with van der Waals surface area (Å²) in [6.45, 7) is 1.87. The van der Waals surface area contributed by atoms with E-state index in [2.05, 4.69) is 10.5 Å². The van der Waals surface area contributed by atoms with E-state index in [1.54, 1.807) is 30.3 Å². The number of aryl methyl sites for hydroxylation is 1. The van der Waals surface area contributed by atoms with E-state index in [0.29, 0.717) is 11.1 Å². The maximum atomic E-state index is 12.6. The molecule has 1 N–H and O–H groups in total. The van der Waals surface area contributed by atoms with Gasteiger partial charge in [0.2, 0.25) is 0 Å². The fourth-order valence-electron chi connectivity index (χ4n) is 3.35. The number of nitrogens with one attached hydrogen (secondary N) is 1. The van der Waals surface area contributed by atoms with Crippen molar-refractivity contribution in [3.8, 4) is 11.5 Å². The van der Waals surface area contributed by atoms with Gasteiger partial charge in [0.15, 0.2) is 11.5 Å². The Morgan fingerprint density at radius 3 is 2.41 bits per heavy atom. The van der Waals surface area contributed by atoms with Crippen LogP contribution in [0.5, 0.6) is 11.5 Å². The molecule has 0 saturated carbocycles. The summed E-state index contributed by atoms with van der Waals surface area (Å²) in [7, 11) is -2.62. The van der Waals surface area contributed by atoms with Gasteiger partial charge < -0.3 is 8.92 Å². The Bertz CT molecular complexity index is 1470. The zero-order chi connectivity index (χ0) is 24.1. The Labute approximate surface area is 197 Å². The summed E-state index contributed by atoms with van der Waals surface area (Å²) in [5, 5.41) is 5.81. The molecule has 8 heteroatoms. The molecule has 0 aromatic heterocycles. The van der Waals surface area contributed by atoms with E-state index in [4.69, 9.17) is 8.92 Å². The van der Waals surface area contributed by atoms with Crippen molar-refractivity contribution in [1.82, 2.24) is 5.43 Å². The normalized spacial score (nSPS) is 11.5. The van der Waals surface area contributed by atoms with Crippen molar-refractivity contribution >= 4 is 33.0 Å². The summed E-state index contributed by atoms with van der Waals surface area (Å²) in [6, 6.07) is 24.1. The zero-order valence-corrected chi connectivity index (χ0v) is 19.4. The van der Waals surface area contributed by atoms with E-state index >= 15 is 0 Å². The second-order valence-corrected chi connectivity index (χ2v) is 9.03. The first-order valence-corrected chi connectivity index (χ1v) is 11.8. The molecule has 0 unspecified atom stereocenters. The van der Waals surface area contributed by atoms with E-state index in [0.717, 1.165) is 16.3 Å². The Hall–Kier alpha value is -4.17. The Morgan fingerprint density at radius 1 is 0.912 bits per heavy atom. The van der Waals surface area contributed by atoms with Crippen LogP contribution in [0, 0.1) is 6.92 Å². The van der Waals surface area contributed by atoms with Gasteiger partial charge in [-0.25, -0.2) is 5.43 Å². The van der Waals surface area contributed by atoms with Crippen molar-refractivity contribution in [2.24, 2.45) is 5.10 Å². The number of ether oxygens (including phenoxy) is 1. The van der Waals surface area contributed by atoms with Gasteiger partial charge >= 0.3 is 10.1 Å². The second kappa shape index (κ2) is 9.76. The molecule has 0 aliphatic carbocycles. The lowest BCUT2D eigenvalue weighted by molar-refractivity contribution is 0.0956. The maximum absolute atomic E-state index is 12.6. The molecule has 0 heterocycles. The third-order valence-electron chi connectivity index (χ3n) is 5.11. The second-order valence-electron chi connectivity index (χ2n) is 7.49. The number of benzene rings is 4. The lowest BCUT2D eigenvalue weighted by atomic mass is 10.0. The van der Waals surface area contributed by atoms with E-state index in [9.17, 15) is 13.2 Å². The van der Waals surface area contributed by atoms with Crippen LogP contribution < -0.4 is 14.3 Å². The van der Waals surface area contributed by atoms with E-state index in [-0.39, 0.29) is 22.3 Å². The smallest absolute Gasteiger partial charge is 0.339 e. The molecule has 1 amide bonds. The van der Waals surface area contributed by atoms with Gasteiger partial charge in [-0.2, -0.15) is 13.5 Å². The summed E-state index contributed by atoms with van der Waals surface area (Å²) >= 11 is 0. The molecular formula is C26H22N2O5S. The maximum Gasteiger partial charge on any atom is 0.339 e. The van der Waals surface area contributed by atoms with Gasteiger partial charge in [0.25, 0.3) is 5.91 Å². The molecule has 0 fully saturated rings. The predicted octanol–water partition coefficient (Wildman–Crippen LogP) is 4.69. The summed E-state index contributed by atoms with van der Waals surface area (Å²) in [5.74, 6) is -0.0933. The highest BCUT2D eigenvalue weighted by Gasteiger charge is 2.19. The Kier molecular flexibility index (Phi) is 6.60. The molecule has 4 aromatic carbocycles. The van der Waals surface area contributed by atoms with Crippen LogP contribution in [0.2, 0.25) is 0 Å². The minimum Gasteiger partial charge on any atom is -0.493 e. The number of nitrogens with zero attached hydrogens (tertiary/aromatic N) is 1. The van der Waals surface area contributed by atoms with Crippen molar-refractivity contribution in [3.63, 3.8) is 0 Å². The van der Waals surface area contributed by atoms with Gasteiger partial charge in [0.05, 0.1) is 13.3 Å². The average Bonchev–Trinajstić information content (AvgIpc) is 2.84. The lowest BCUT2D eigenvalue weighted by Crippen LogP contribution is -2.17. The van der Waals surface area contributed by atoms with Crippen LogP contribution in [0.15, 0.2) is 94.9 Å². The van der Waals surface area contributed by atoms with Crippen LogP contribution in [0.25, 0.3) is 10.8 Å². The number of fused-ring (bicyclic) bond motifs is 1. The number of amides is 1. The van der Waals surface area contributed by atoms with Gasteiger partial charge in [-0.15, -0.1) is 0 Å². The molecule has 0 saturated heterocycles. The molecule has 0 radical (unpaired) electrons. The van der Waals surface area contributed by atoms with Gasteiger partial charge in [0, 0.05) is 5.56 Å². The predicted molar refractivity (Wildman–Crippen MR) is 131 cm³/mol. The fraction of sp³-hybridized carbons (Fsp3) is 0.0769. The molecule has 0 aliphatic heterocycles. The largest absolute Gasteiger partial charge is 0.493 e. The number of hydrogen-bond acceptors (Lipinski definition) is 6. The monoisotopic (exact) mass is 474 g/mol. The van der Waals surface area contributed by atoms with Crippen molar-refractivity contribution in [1.29, 1.82) is 0 Å². The Balaban J connectivity index is 1.49. The number of hydrazone groups is 1. The molecule has 0 spiro atoms. The molecule has 172 valence electrons. The lowest BCUT2D eigenvalue weighted by Gasteiger charge is -2.11. The SMILES string of the molecule is COc1cc(/C=N/NC(=O)c2cccc3ccccc23)ccc1OS(=O)(=O)c1ccc(C)cc1. The van der Waals surface area contributed by atoms with E-state index < -0.39 is 10.1 Å². The number of methoxy groups -OCH3 is 1. The first-order valence-electron chi connectivity index (χ1n) is 10.4. The van der Waals surface area contributed by atoms with Gasteiger partial charge in [-0.1, -0.05) is 54.1 Å². The zero-order valence-electron chi connectivity index (χ0n) is 18.6. The number of carbonyl (C=O) groups is 1. The van der Waals surface area contributed by atoms with Crippen molar-refractivity contribution < 1.29 is 22.1 Å². The number of rotatable bonds is 7. The topological polar surface area (TPSA) is 94.1 Å². The van der Waals surface area contributed by atoms with Crippen LogP contribution in [0.1, 0.15) is 21.5 Å². The molecule has 4 aromatic rings. The molecular weight excluding hydrogens is 452 g/mol. The van der Waals surface area contributed by atoms with Crippen LogP contribution in [-0.2, 0) is 10.1 Å². The van der Waals surface area contributed by atoms with Gasteiger partial charge in [-0.05, 0) is 59.7 Å². The fourth-order valence-corrected chi connectivity index (χ4v) is 4.29. The van der Waals surface area contributed by atoms with Crippen LogP contribution >= 0.6 is 0 Å². The molecule has 0 aliphatic rings. The summed E-state index contributed by atoms with van der Waals surface area (Å²) in [5.41, 5.74) is 4.55. The highest BCUT2D eigenvalue weighted by atomic mass is 32.2. The van der Waals surface area contributed by atoms with E-state index in [1.165, 1.54) is 31.5 Å². The molecule has 7 nitrogen and oxygen atoms in total.